The molecule has 1 aliphatic heterocycles. The summed E-state index contributed by atoms with van der Waals surface area (Å²) in [6, 6.07) is 10.7. The zero-order valence-electron chi connectivity index (χ0n) is 19.7. The van der Waals surface area contributed by atoms with Crippen molar-refractivity contribution in [3.63, 3.8) is 0 Å². The molecule has 35 heavy (non-hydrogen) atoms. The van der Waals surface area contributed by atoms with E-state index in [0.717, 1.165) is 16.5 Å². The predicted octanol–water partition coefficient (Wildman–Crippen LogP) is 3.54. The number of nitrogens with zero attached hydrogens (tertiary/aromatic N) is 5. The third-order valence-electron chi connectivity index (χ3n) is 6.45. The van der Waals surface area contributed by atoms with Crippen molar-refractivity contribution < 1.29 is 9.59 Å². The summed E-state index contributed by atoms with van der Waals surface area (Å²) in [5.41, 5.74) is 3.50. The lowest BCUT2D eigenvalue weighted by atomic mass is 10.0. The number of rotatable bonds is 4. The van der Waals surface area contributed by atoms with Gasteiger partial charge < -0.3 is 14.8 Å². The van der Waals surface area contributed by atoms with Crippen molar-refractivity contribution in [2.45, 2.75) is 39.2 Å². The number of hydrogen-bond acceptors (Lipinski definition) is 6. The standard InChI is InChI=1S/C26H26N6O3/c1-3-23(34)31-12-10-19(11-13-31)32-24(35)9-5-18-15-27-21-7-6-20(30-25(21)26(18)32)17-4-8-22(28-14-17)29-16(2)33/h4-9,14-15,19H,3,10-13H2,1-2H3,(H,28,29,33). The van der Waals surface area contributed by atoms with E-state index in [1.807, 2.05) is 34.6 Å². The number of anilines is 1. The van der Waals surface area contributed by atoms with Gasteiger partial charge in [-0.05, 0) is 43.2 Å². The maximum atomic E-state index is 13.1. The summed E-state index contributed by atoms with van der Waals surface area (Å²) in [5.74, 6) is 0.429. The van der Waals surface area contributed by atoms with Crippen molar-refractivity contribution in [1.82, 2.24) is 24.4 Å². The number of amides is 2. The molecular formula is C26H26N6O3. The smallest absolute Gasteiger partial charge is 0.251 e. The van der Waals surface area contributed by atoms with E-state index < -0.39 is 0 Å². The molecule has 0 aromatic carbocycles. The van der Waals surface area contributed by atoms with Crippen LogP contribution in [0, 0.1) is 0 Å². The topological polar surface area (TPSA) is 110 Å². The highest BCUT2D eigenvalue weighted by Crippen LogP contribution is 2.30. The number of fused-ring (bicyclic) bond motifs is 3. The molecule has 0 unspecified atom stereocenters. The molecule has 1 N–H and O–H groups in total. The summed E-state index contributed by atoms with van der Waals surface area (Å²) in [6.45, 7) is 4.57. The molecule has 0 aliphatic carbocycles. The number of nitrogens with one attached hydrogen (secondary N) is 1. The van der Waals surface area contributed by atoms with E-state index in [-0.39, 0.29) is 23.4 Å². The van der Waals surface area contributed by atoms with Gasteiger partial charge in [-0.15, -0.1) is 0 Å². The molecule has 1 fully saturated rings. The van der Waals surface area contributed by atoms with Crippen molar-refractivity contribution in [3.05, 3.63) is 59.1 Å². The monoisotopic (exact) mass is 470 g/mol. The molecule has 1 saturated heterocycles. The first-order chi connectivity index (χ1) is 16.9. The molecule has 0 atom stereocenters. The number of likely N-dealkylation sites (tertiary alicyclic amines) is 1. The van der Waals surface area contributed by atoms with Gasteiger partial charge in [0.1, 0.15) is 11.3 Å². The summed E-state index contributed by atoms with van der Waals surface area (Å²) >= 11 is 0. The molecule has 0 bridgehead atoms. The van der Waals surface area contributed by atoms with Crippen molar-refractivity contribution >= 4 is 39.6 Å². The molecule has 1 aliphatic rings. The van der Waals surface area contributed by atoms with Crippen molar-refractivity contribution in [2.75, 3.05) is 18.4 Å². The average Bonchev–Trinajstić information content (AvgIpc) is 2.88. The maximum absolute atomic E-state index is 13.1. The summed E-state index contributed by atoms with van der Waals surface area (Å²) in [5, 5.41) is 3.50. The highest BCUT2D eigenvalue weighted by molar-refractivity contribution is 6.01. The summed E-state index contributed by atoms with van der Waals surface area (Å²) in [6.07, 6.45) is 5.34. The summed E-state index contributed by atoms with van der Waals surface area (Å²) in [7, 11) is 0. The maximum Gasteiger partial charge on any atom is 0.251 e. The zero-order valence-corrected chi connectivity index (χ0v) is 19.7. The lowest BCUT2D eigenvalue weighted by Crippen LogP contribution is -2.40. The Bertz CT molecular complexity index is 1490. The lowest BCUT2D eigenvalue weighted by molar-refractivity contribution is -0.132. The molecule has 4 aromatic rings. The Morgan fingerprint density at radius 3 is 2.51 bits per heavy atom. The number of pyridine rings is 4. The van der Waals surface area contributed by atoms with E-state index in [1.54, 1.807) is 30.6 Å². The van der Waals surface area contributed by atoms with Gasteiger partial charge in [0.05, 0.1) is 16.7 Å². The first-order valence-corrected chi connectivity index (χ1v) is 11.8. The van der Waals surface area contributed by atoms with Gasteiger partial charge in [0.15, 0.2) is 0 Å². The van der Waals surface area contributed by atoms with Crippen LogP contribution in [0.4, 0.5) is 5.82 Å². The molecule has 0 saturated carbocycles. The minimum Gasteiger partial charge on any atom is -0.343 e. The second kappa shape index (κ2) is 9.25. The number of piperidine rings is 1. The molecule has 178 valence electrons. The molecule has 2 amide bonds. The Kier molecular flexibility index (Phi) is 5.98. The number of carbonyl (C=O) groups excluding carboxylic acids is 2. The Morgan fingerprint density at radius 2 is 1.83 bits per heavy atom. The van der Waals surface area contributed by atoms with Crippen LogP contribution in [0.1, 0.15) is 39.2 Å². The normalized spacial score (nSPS) is 14.4. The zero-order chi connectivity index (χ0) is 24.5. The molecule has 9 heteroatoms. The van der Waals surface area contributed by atoms with Gasteiger partial charge in [-0.3, -0.25) is 19.4 Å². The second-order valence-corrected chi connectivity index (χ2v) is 8.75. The quantitative estimate of drug-likeness (QED) is 0.457. The fourth-order valence-electron chi connectivity index (χ4n) is 4.71. The molecule has 4 aromatic heterocycles. The number of carbonyl (C=O) groups is 2. The second-order valence-electron chi connectivity index (χ2n) is 8.75. The van der Waals surface area contributed by atoms with Crippen LogP contribution in [-0.2, 0) is 9.59 Å². The first-order valence-electron chi connectivity index (χ1n) is 11.8. The summed E-state index contributed by atoms with van der Waals surface area (Å²) in [4.78, 5) is 52.2. The van der Waals surface area contributed by atoms with Gasteiger partial charge in [-0.25, -0.2) is 9.97 Å². The van der Waals surface area contributed by atoms with Crippen LogP contribution in [0.5, 0.6) is 0 Å². The lowest BCUT2D eigenvalue weighted by Gasteiger charge is -2.33. The fourth-order valence-corrected chi connectivity index (χ4v) is 4.71. The van der Waals surface area contributed by atoms with Crippen LogP contribution in [0.2, 0.25) is 0 Å². The van der Waals surface area contributed by atoms with Crippen LogP contribution in [0.25, 0.3) is 33.2 Å². The minimum absolute atomic E-state index is 0.0261. The van der Waals surface area contributed by atoms with E-state index >= 15 is 0 Å². The van der Waals surface area contributed by atoms with E-state index in [1.165, 1.54) is 6.92 Å². The predicted molar refractivity (Wildman–Crippen MR) is 134 cm³/mol. The molecule has 0 spiro atoms. The van der Waals surface area contributed by atoms with Gasteiger partial charge in [0.2, 0.25) is 11.8 Å². The van der Waals surface area contributed by atoms with Gasteiger partial charge in [-0.1, -0.05) is 6.92 Å². The first kappa shape index (κ1) is 22.6. The highest BCUT2D eigenvalue weighted by Gasteiger charge is 2.25. The largest absolute Gasteiger partial charge is 0.343 e. The van der Waals surface area contributed by atoms with Crippen LogP contribution >= 0.6 is 0 Å². The molecular weight excluding hydrogens is 444 g/mol. The SMILES string of the molecule is CCC(=O)N1CCC(n2c(=O)ccc3cnc4ccc(-c5ccc(NC(C)=O)nc5)nc4c32)CC1. The highest BCUT2D eigenvalue weighted by atomic mass is 16.2. The van der Waals surface area contributed by atoms with Crippen molar-refractivity contribution in [1.29, 1.82) is 0 Å². The Morgan fingerprint density at radius 1 is 1.03 bits per heavy atom. The Balaban J connectivity index is 1.59. The molecule has 5 rings (SSSR count). The Hall–Kier alpha value is -4.14. The van der Waals surface area contributed by atoms with Crippen LogP contribution in [0.15, 0.2) is 53.6 Å². The van der Waals surface area contributed by atoms with E-state index in [2.05, 4.69) is 15.3 Å². The van der Waals surface area contributed by atoms with Gasteiger partial charge in [0, 0.05) is 61.9 Å². The van der Waals surface area contributed by atoms with E-state index in [4.69, 9.17) is 4.98 Å². The third-order valence-corrected chi connectivity index (χ3v) is 6.45. The van der Waals surface area contributed by atoms with E-state index in [9.17, 15) is 14.4 Å². The fraction of sp³-hybridized carbons (Fsp3) is 0.308. The number of aromatic nitrogens is 4. The van der Waals surface area contributed by atoms with Crippen LogP contribution in [0.3, 0.4) is 0 Å². The van der Waals surface area contributed by atoms with Crippen LogP contribution in [-0.4, -0.2) is 49.3 Å². The summed E-state index contributed by atoms with van der Waals surface area (Å²) < 4.78 is 1.84. The van der Waals surface area contributed by atoms with Gasteiger partial charge in [-0.2, -0.15) is 0 Å². The van der Waals surface area contributed by atoms with Gasteiger partial charge in [0.25, 0.3) is 5.56 Å². The minimum atomic E-state index is -0.186. The van der Waals surface area contributed by atoms with Crippen molar-refractivity contribution in [3.8, 4) is 11.3 Å². The third kappa shape index (κ3) is 4.37. The molecule has 9 nitrogen and oxygen atoms in total. The van der Waals surface area contributed by atoms with E-state index in [0.29, 0.717) is 54.9 Å². The van der Waals surface area contributed by atoms with Crippen LogP contribution < -0.4 is 10.9 Å². The van der Waals surface area contributed by atoms with Gasteiger partial charge >= 0.3 is 0 Å². The number of hydrogen-bond donors (Lipinski definition) is 1. The van der Waals surface area contributed by atoms with Crippen molar-refractivity contribution in [2.24, 2.45) is 0 Å². The molecule has 0 radical (unpaired) electrons. The Labute approximate surface area is 201 Å². The molecule has 5 heterocycles. The average molecular weight is 471 g/mol.